The van der Waals surface area contributed by atoms with Gasteiger partial charge in [-0.25, -0.2) is 4.98 Å². The van der Waals surface area contributed by atoms with Crippen LogP contribution < -0.4 is 0 Å². The molecule has 0 fully saturated rings. The summed E-state index contributed by atoms with van der Waals surface area (Å²) in [5.74, 6) is -1.84. The Morgan fingerprint density at radius 2 is 1.54 bits per heavy atom. The third kappa shape index (κ3) is 4.40. The molecule has 1 heterocycles. The summed E-state index contributed by atoms with van der Waals surface area (Å²) < 4.78 is 0.558. The SMILES string of the molecule is O=C(O)C(CN=C(c1ccccc1)c1ccccc1)c1cnc(Br)cn1. The summed E-state index contributed by atoms with van der Waals surface area (Å²) in [6.07, 6.45) is 2.95. The third-order valence-electron chi connectivity index (χ3n) is 3.82. The normalized spacial score (nSPS) is 11.6. The highest BCUT2D eigenvalue weighted by molar-refractivity contribution is 9.10. The largest absolute Gasteiger partial charge is 0.481 e. The van der Waals surface area contributed by atoms with Gasteiger partial charge in [0.1, 0.15) is 10.5 Å². The van der Waals surface area contributed by atoms with Crippen molar-refractivity contribution in [3.8, 4) is 0 Å². The van der Waals surface area contributed by atoms with Gasteiger partial charge in [-0.1, -0.05) is 60.7 Å². The molecule has 2 aromatic carbocycles. The van der Waals surface area contributed by atoms with Crippen LogP contribution in [0.3, 0.4) is 0 Å². The van der Waals surface area contributed by atoms with Crippen LogP contribution >= 0.6 is 15.9 Å². The molecule has 26 heavy (non-hydrogen) atoms. The minimum atomic E-state index is -0.981. The van der Waals surface area contributed by atoms with Gasteiger partial charge in [0, 0.05) is 11.1 Å². The summed E-state index contributed by atoms with van der Waals surface area (Å²) in [6.45, 7) is 0.0742. The molecule has 1 unspecified atom stereocenters. The van der Waals surface area contributed by atoms with Gasteiger partial charge in [0.2, 0.25) is 0 Å². The zero-order chi connectivity index (χ0) is 18.4. The Hall–Kier alpha value is -2.86. The van der Waals surface area contributed by atoms with Gasteiger partial charge < -0.3 is 5.11 Å². The lowest BCUT2D eigenvalue weighted by atomic mass is 10.0. The van der Waals surface area contributed by atoms with E-state index in [1.54, 1.807) is 0 Å². The molecule has 1 aromatic heterocycles. The molecule has 3 rings (SSSR count). The first-order valence-corrected chi connectivity index (χ1v) is 8.80. The monoisotopic (exact) mass is 409 g/mol. The van der Waals surface area contributed by atoms with Crippen molar-refractivity contribution in [2.45, 2.75) is 5.92 Å². The third-order valence-corrected chi connectivity index (χ3v) is 4.23. The quantitative estimate of drug-likeness (QED) is 0.625. The molecule has 6 heteroatoms. The number of benzene rings is 2. The summed E-state index contributed by atoms with van der Waals surface area (Å²) in [6, 6.07) is 19.4. The van der Waals surface area contributed by atoms with Crippen LogP contribution in [0.25, 0.3) is 0 Å². The Kier molecular flexibility index (Phi) is 5.86. The van der Waals surface area contributed by atoms with Gasteiger partial charge >= 0.3 is 5.97 Å². The summed E-state index contributed by atoms with van der Waals surface area (Å²) in [5.41, 5.74) is 3.00. The van der Waals surface area contributed by atoms with Crippen molar-refractivity contribution in [2.24, 2.45) is 4.99 Å². The van der Waals surface area contributed by atoms with E-state index in [0.29, 0.717) is 10.3 Å². The van der Waals surface area contributed by atoms with Crippen molar-refractivity contribution in [3.63, 3.8) is 0 Å². The molecule has 0 aliphatic rings. The minimum Gasteiger partial charge on any atom is -0.481 e. The Balaban J connectivity index is 1.96. The maximum absolute atomic E-state index is 11.7. The first-order valence-electron chi connectivity index (χ1n) is 8.00. The molecule has 5 nitrogen and oxygen atoms in total. The van der Waals surface area contributed by atoms with E-state index in [2.05, 4.69) is 30.9 Å². The highest BCUT2D eigenvalue weighted by atomic mass is 79.9. The summed E-state index contributed by atoms with van der Waals surface area (Å²) in [5, 5.41) is 9.60. The summed E-state index contributed by atoms with van der Waals surface area (Å²) in [7, 11) is 0. The number of aliphatic imine (C=N–C) groups is 1. The van der Waals surface area contributed by atoms with Crippen molar-refractivity contribution in [1.29, 1.82) is 0 Å². The number of carboxylic acids is 1. The molecule has 3 aromatic rings. The Bertz CT molecular complexity index is 856. The van der Waals surface area contributed by atoms with Crippen molar-refractivity contribution in [2.75, 3.05) is 6.54 Å². The Morgan fingerprint density at radius 3 is 2.00 bits per heavy atom. The van der Waals surface area contributed by atoms with Gasteiger partial charge in [0.15, 0.2) is 0 Å². The number of carboxylic acid groups (broad SMARTS) is 1. The predicted molar refractivity (Wildman–Crippen MR) is 103 cm³/mol. The topological polar surface area (TPSA) is 75.4 Å². The molecule has 0 aliphatic carbocycles. The maximum atomic E-state index is 11.7. The highest BCUT2D eigenvalue weighted by Gasteiger charge is 2.22. The number of hydrogen-bond donors (Lipinski definition) is 1. The van der Waals surface area contributed by atoms with Crippen LogP contribution in [0, 0.1) is 0 Å². The van der Waals surface area contributed by atoms with E-state index in [-0.39, 0.29) is 6.54 Å². The van der Waals surface area contributed by atoms with Gasteiger partial charge in [0.25, 0.3) is 0 Å². The van der Waals surface area contributed by atoms with E-state index in [0.717, 1.165) is 16.8 Å². The van der Waals surface area contributed by atoms with E-state index in [1.165, 1.54) is 12.4 Å². The zero-order valence-electron chi connectivity index (χ0n) is 13.8. The van der Waals surface area contributed by atoms with Crippen LogP contribution in [0.1, 0.15) is 22.7 Å². The number of nitrogens with zero attached hydrogens (tertiary/aromatic N) is 3. The molecule has 1 atom stereocenters. The van der Waals surface area contributed by atoms with E-state index in [9.17, 15) is 9.90 Å². The average Bonchev–Trinajstić information content (AvgIpc) is 2.67. The van der Waals surface area contributed by atoms with Crippen molar-refractivity contribution >= 4 is 27.6 Å². The second-order valence-electron chi connectivity index (χ2n) is 5.58. The first-order chi connectivity index (χ1) is 12.6. The Morgan fingerprint density at radius 1 is 0.962 bits per heavy atom. The molecule has 0 radical (unpaired) electrons. The molecule has 0 aliphatic heterocycles. The second kappa shape index (κ2) is 8.49. The molecular weight excluding hydrogens is 394 g/mol. The van der Waals surface area contributed by atoms with E-state index >= 15 is 0 Å². The van der Waals surface area contributed by atoms with E-state index < -0.39 is 11.9 Å². The van der Waals surface area contributed by atoms with Crippen LogP contribution in [-0.2, 0) is 4.79 Å². The number of aliphatic carboxylic acids is 1. The predicted octanol–water partition coefficient (Wildman–Crippen LogP) is 3.94. The lowest BCUT2D eigenvalue weighted by molar-refractivity contribution is -0.138. The van der Waals surface area contributed by atoms with Gasteiger partial charge in [0.05, 0.1) is 30.3 Å². The second-order valence-corrected chi connectivity index (χ2v) is 6.39. The molecule has 130 valence electrons. The molecule has 0 amide bonds. The minimum absolute atomic E-state index is 0.0742. The number of rotatable bonds is 6. The molecule has 0 saturated carbocycles. The van der Waals surface area contributed by atoms with Crippen LogP contribution in [0.15, 0.2) is 82.7 Å². The lowest BCUT2D eigenvalue weighted by Gasteiger charge is -2.12. The van der Waals surface area contributed by atoms with Gasteiger partial charge in [-0.15, -0.1) is 0 Å². The fourth-order valence-electron chi connectivity index (χ4n) is 2.52. The maximum Gasteiger partial charge on any atom is 0.314 e. The lowest BCUT2D eigenvalue weighted by Crippen LogP contribution is -2.18. The number of aromatic nitrogens is 2. The summed E-state index contributed by atoms with van der Waals surface area (Å²) >= 11 is 3.21. The molecule has 0 saturated heterocycles. The number of halogens is 1. The smallest absolute Gasteiger partial charge is 0.314 e. The van der Waals surface area contributed by atoms with Crippen molar-refractivity contribution in [1.82, 2.24) is 9.97 Å². The van der Waals surface area contributed by atoms with Gasteiger partial charge in [-0.05, 0) is 15.9 Å². The van der Waals surface area contributed by atoms with Gasteiger partial charge in [-0.2, -0.15) is 0 Å². The standard InChI is InChI=1S/C20H16BrN3O2/c21-18-13-22-17(12-23-18)16(20(25)26)11-24-19(14-7-3-1-4-8-14)15-9-5-2-6-10-15/h1-10,12-13,16H,11H2,(H,25,26). The van der Waals surface area contributed by atoms with E-state index in [1.807, 2.05) is 60.7 Å². The van der Waals surface area contributed by atoms with Crippen LogP contribution in [0.5, 0.6) is 0 Å². The number of hydrogen-bond acceptors (Lipinski definition) is 4. The Labute approximate surface area is 159 Å². The van der Waals surface area contributed by atoms with Crippen LogP contribution in [-0.4, -0.2) is 33.3 Å². The summed E-state index contributed by atoms with van der Waals surface area (Å²) in [4.78, 5) is 24.6. The van der Waals surface area contributed by atoms with Crippen molar-refractivity contribution in [3.05, 3.63) is 94.5 Å². The molecule has 0 spiro atoms. The van der Waals surface area contributed by atoms with Crippen molar-refractivity contribution < 1.29 is 9.90 Å². The van der Waals surface area contributed by atoms with Gasteiger partial charge in [-0.3, -0.25) is 14.8 Å². The molecule has 0 bridgehead atoms. The highest BCUT2D eigenvalue weighted by Crippen LogP contribution is 2.17. The fourth-order valence-corrected chi connectivity index (χ4v) is 2.73. The number of carbonyl (C=O) groups is 1. The molecule has 1 N–H and O–H groups in total. The molecular formula is C20H16BrN3O2. The fraction of sp³-hybridized carbons (Fsp3) is 0.100. The van der Waals surface area contributed by atoms with Crippen LogP contribution in [0.2, 0.25) is 0 Å². The van der Waals surface area contributed by atoms with E-state index in [4.69, 9.17) is 0 Å². The first kappa shape index (κ1) is 17.9. The average molecular weight is 410 g/mol. The zero-order valence-corrected chi connectivity index (χ0v) is 15.4. The van der Waals surface area contributed by atoms with Crippen LogP contribution in [0.4, 0.5) is 0 Å².